The molecule has 0 fully saturated rings. The molecule has 0 saturated carbocycles. The van der Waals surface area contributed by atoms with Crippen molar-refractivity contribution < 1.29 is 4.74 Å². The number of rotatable bonds is 5. The van der Waals surface area contributed by atoms with Crippen LogP contribution in [0, 0.1) is 18.3 Å². The average molecular weight is 266 g/mol. The van der Waals surface area contributed by atoms with Crippen LogP contribution in [-0.4, -0.2) is 7.11 Å². The number of ether oxygens (including phenoxy) is 1. The molecule has 0 amide bonds. The van der Waals surface area contributed by atoms with E-state index >= 15 is 0 Å². The Labute approximate surface area is 119 Å². The smallest absolute Gasteiger partial charge is 0.136 e. The summed E-state index contributed by atoms with van der Waals surface area (Å²) in [6.45, 7) is 3.66. The SMILES string of the molecule is COc1ccc(CNCc2ccccc2C)cc1C#N. The summed E-state index contributed by atoms with van der Waals surface area (Å²) in [6, 6.07) is 16.2. The van der Waals surface area contributed by atoms with Gasteiger partial charge in [-0.2, -0.15) is 5.26 Å². The Morgan fingerprint density at radius 2 is 1.95 bits per heavy atom. The van der Waals surface area contributed by atoms with Crippen LogP contribution in [0.15, 0.2) is 42.5 Å². The number of nitrogens with zero attached hydrogens (tertiary/aromatic N) is 1. The predicted octanol–water partition coefficient (Wildman–Crippen LogP) is 3.17. The Hall–Kier alpha value is -2.31. The zero-order valence-corrected chi connectivity index (χ0v) is 11.8. The zero-order valence-electron chi connectivity index (χ0n) is 11.8. The van der Waals surface area contributed by atoms with E-state index in [1.807, 2.05) is 30.3 Å². The molecule has 0 radical (unpaired) electrons. The normalized spacial score (nSPS) is 10.1. The number of benzene rings is 2. The first-order chi connectivity index (χ1) is 9.74. The first-order valence-electron chi connectivity index (χ1n) is 6.57. The lowest BCUT2D eigenvalue weighted by atomic mass is 10.1. The number of nitrogens with one attached hydrogen (secondary N) is 1. The minimum absolute atomic E-state index is 0.572. The molecule has 2 rings (SSSR count). The molecule has 20 heavy (non-hydrogen) atoms. The predicted molar refractivity (Wildman–Crippen MR) is 79.4 cm³/mol. The largest absolute Gasteiger partial charge is 0.495 e. The second-order valence-corrected chi connectivity index (χ2v) is 4.68. The molecule has 0 saturated heterocycles. The van der Waals surface area contributed by atoms with E-state index in [9.17, 15) is 0 Å². The Balaban J connectivity index is 1.98. The van der Waals surface area contributed by atoms with Crippen LogP contribution in [-0.2, 0) is 13.1 Å². The summed E-state index contributed by atoms with van der Waals surface area (Å²) in [7, 11) is 1.58. The molecule has 0 atom stereocenters. The Bertz CT molecular complexity index is 629. The molecule has 0 unspecified atom stereocenters. The Kier molecular flexibility index (Phi) is 4.75. The minimum Gasteiger partial charge on any atom is -0.495 e. The summed E-state index contributed by atoms with van der Waals surface area (Å²) in [5.74, 6) is 0.621. The van der Waals surface area contributed by atoms with Gasteiger partial charge in [-0.05, 0) is 35.7 Å². The van der Waals surface area contributed by atoms with Crippen LogP contribution in [0.5, 0.6) is 5.75 Å². The highest BCUT2D eigenvalue weighted by Gasteiger charge is 2.03. The number of hydrogen-bond acceptors (Lipinski definition) is 3. The number of aryl methyl sites for hydroxylation is 1. The molecule has 3 nitrogen and oxygen atoms in total. The molecule has 2 aromatic carbocycles. The van der Waals surface area contributed by atoms with Crippen LogP contribution in [0.1, 0.15) is 22.3 Å². The molecule has 102 valence electrons. The van der Waals surface area contributed by atoms with E-state index in [0.717, 1.165) is 18.7 Å². The van der Waals surface area contributed by atoms with Crippen LogP contribution < -0.4 is 10.1 Å². The van der Waals surface area contributed by atoms with Crippen molar-refractivity contribution in [2.45, 2.75) is 20.0 Å². The highest BCUT2D eigenvalue weighted by molar-refractivity contribution is 5.45. The molecule has 0 bridgehead atoms. The van der Waals surface area contributed by atoms with Crippen molar-refractivity contribution in [1.82, 2.24) is 5.32 Å². The van der Waals surface area contributed by atoms with Gasteiger partial charge in [0.15, 0.2) is 0 Å². The summed E-state index contributed by atoms with van der Waals surface area (Å²) in [4.78, 5) is 0. The Morgan fingerprint density at radius 3 is 2.65 bits per heavy atom. The van der Waals surface area contributed by atoms with Crippen molar-refractivity contribution in [1.29, 1.82) is 5.26 Å². The average Bonchev–Trinajstić information content (AvgIpc) is 2.49. The van der Waals surface area contributed by atoms with Crippen molar-refractivity contribution in [2.24, 2.45) is 0 Å². The Morgan fingerprint density at radius 1 is 1.15 bits per heavy atom. The lowest BCUT2D eigenvalue weighted by Gasteiger charge is -2.09. The molecule has 1 N–H and O–H groups in total. The maximum Gasteiger partial charge on any atom is 0.136 e. The van der Waals surface area contributed by atoms with Gasteiger partial charge < -0.3 is 10.1 Å². The van der Waals surface area contributed by atoms with E-state index in [-0.39, 0.29) is 0 Å². The maximum absolute atomic E-state index is 9.06. The lowest BCUT2D eigenvalue weighted by molar-refractivity contribution is 0.413. The molecule has 3 heteroatoms. The number of nitriles is 1. The molecule has 0 aromatic heterocycles. The molecule has 0 spiro atoms. The molecular weight excluding hydrogens is 248 g/mol. The van der Waals surface area contributed by atoms with Gasteiger partial charge in [-0.3, -0.25) is 0 Å². The van der Waals surface area contributed by atoms with Crippen molar-refractivity contribution in [3.63, 3.8) is 0 Å². The van der Waals surface area contributed by atoms with Crippen molar-refractivity contribution in [3.05, 3.63) is 64.7 Å². The van der Waals surface area contributed by atoms with Gasteiger partial charge in [0.1, 0.15) is 11.8 Å². The third-order valence-corrected chi connectivity index (χ3v) is 3.29. The van der Waals surface area contributed by atoms with Crippen LogP contribution in [0.4, 0.5) is 0 Å². The highest BCUT2D eigenvalue weighted by Crippen LogP contribution is 2.18. The van der Waals surface area contributed by atoms with Gasteiger partial charge in [-0.1, -0.05) is 30.3 Å². The summed E-state index contributed by atoms with van der Waals surface area (Å²) in [6.07, 6.45) is 0. The van der Waals surface area contributed by atoms with Gasteiger partial charge in [0.25, 0.3) is 0 Å². The van der Waals surface area contributed by atoms with E-state index in [1.165, 1.54) is 11.1 Å². The second kappa shape index (κ2) is 6.74. The van der Waals surface area contributed by atoms with E-state index < -0.39 is 0 Å². The molecule has 0 aliphatic rings. The van der Waals surface area contributed by atoms with Gasteiger partial charge in [0.2, 0.25) is 0 Å². The lowest BCUT2D eigenvalue weighted by Crippen LogP contribution is -2.13. The molecular formula is C17H18N2O. The zero-order chi connectivity index (χ0) is 14.4. The number of methoxy groups -OCH3 is 1. The molecule has 0 aliphatic carbocycles. The van der Waals surface area contributed by atoms with Gasteiger partial charge in [0, 0.05) is 13.1 Å². The van der Waals surface area contributed by atoms with Crippen molar-refractivity contribution in [3.8, 4) is 11.8 Å². The fourth-order valence-corrected chi connectivity index (χ4v) is 2.10. The van der Waals surface area contributed by atoms with Crippen LogP contribution in [0.2, 0.25) is 0 Å². The van der Waals surface area contributed by atoms with Gasteiger partial charge in [-0.15, -0.1) is 0 Å². The molecule has 0 heterocycles. The van der Waals surface area contributed by atoms with E-state index in [2.05, 4.69) is 30.4 Å². The first kappa shape index (κ1) is 14.1. The van der Waals surface area contributed by atoms with Crippen LogP contribution in [0.3, 0.4) is 0 Å². The fourth-order valence-electron chi connectivity index (χ4n) is 2.10. The fraction of sp³-hybridized carbons (Fsp3) is 0.235. The number of hydrogen-bond donors (Lipinski definition) is 1. The van der Waals surface area contributed by atoms with E-state index in [4.69, 9.17) is 10.00 Å². The van der Waals surface area contributed by atoms with Crippen LogP contribution in [0.25, 0.3) is 0 Å². The van der Waals surface area contributed by atoms with Gasteiger partial charge in [-0.25, -0.2) is 0 Å². The third kappa shape index (κ3) is 3.37. The monoisotopic (exact) mass is 266 g/mol. The summed E-state index contributed by atoms with van der Waals surface area (Å²) >= 11 is 0. The van der Waals surface area contributed by atoms with E-state index in [0.29, 0.717) is 11.3 Å². The van der Waals surface area contributed by atoms with E-state index in [1.54, 1.807) is 7.11 Å². The maximum atomic E-state index is 9.06. The summed E-state index contributed by atoms with van der Waals surface area (Å²) in [5.41, 5.74) is 4.23. The minimum atomic E-state index is 0.572. The highest BCUT2D eigenvalue weighted by atomic mass is 16.5. The third-order valence-electron chi connectivity index (χ3n) is 3.29. The first-order valence-corrected chi connectivity index (χ1v) is 6.57. The van der Waals surface area contributed by atoms with Crippen LogP contribution >= 0.6 is 0 Å². The standard InChI is InChI=1S/C17H18N2O/c1-13-5-3-4-6-15(13)12-19-11-14-7-8-17(20-2)16(9-14)10-18/h3-9,19H,11-12H2,1-2H3. The second-order valence-electron chi connectivity index (χ2n) is 4.68. The summed E-state index contributed by atoms with van der Waals surface area (Å²) < 4.78 is 5.14. The van der Waals surface area contributed by atoms with Crippen molar-refractivity contribution in [2.75, 3.05) is 7.11 Å². The quantitative estimate of drug-likeness (QED) is 0.904. The van der Waals surface area contributed by atoms with Crippen molar-refractivity contribution >= 4 is 0 Å². The van der Waals surface area contributed by atoms with Gasteiger partial charge >= 0.3 is 0 Å². The summed E-state index contributed by atoms with van der Waals surface area (Å²) in [5, 5.41) is 12.5. The topological polar surface area (TPSA) is 45.0 Å². The molecule has 2 aromatic rings. The molecule has 0 aliphatic heterocycles. The van der Waals surface area contributed by atoms with Gasteiger partial charge in [0.05, 0.1) is 12.7 Å².